The van der Waals surface area contributed by atoms with E-state index in [9.17, 15) is 27.6 Å². The van der Waals surface area contributed by atoms with Crippen LogP contribution < -0.4 is 21.3 Å². The Kier molecular flexibility index (Phi) is 4.03. The van der Waals surface area contributed by atoms with Crippen LogP contribution in [0.2, 0.25) is 0 Å². The van der Waals surface area contributed by atoms with E-state index >= 15 is 0 Å². The van der Waals surface area contributed by atoms with Gasteiger partial charge in [0, 0.05) is 6.07 Å². The number of nitrogens with two attached hydrogens (primary N) is 1. The lowest BCUT2D eigenvalue weighted by Crippen LogP contribution is -2.25. The molecule has 11 heteroatoms. The van der Waals surface area contributed by atoms with Crippen LogP contribution >= 0.6 is 15.9 Å². The van der Waals surface area contributed by atoms with Gasteiger partial charge in [-0.3, -0.25) is 24.3 Å². The van der Waals surface area contributed by atoms with E-state index in [-0.39, 0.29) is 16.8 Å². The zero-order valence-electron chi connectivity index (χ0n) is 12.0. The number of rotatable bonds is 3. The van der Waals surface area contributed by atoms with E-state index in [0.717, 1.165) is 18.2 Å². The van der Waals surface area contributed by atoms with Crippen molar-refractivity contribution in [3.8, 4) is 11.4 Å². The molecule has 2 heterocycles. The summed E-state index contributed by atoms with van der Waals surface area (Å²) < 4.78 is 43.5. The van der Waals surface area contributed by atoms with Crippen molar-refractivity contribution >= 4 is 33.6 Å². The summed E-state index contributed by atoms with van der Waals surface area (Å²) in [7, 11) is 0. The lowest BCUT2D eigenvalue weighted by atomic mass is 10.1. The molecule has 0 radical (unpaired) electrons. The van der Waals surface area contributed by atoms with Crippen molar-refractivity contribution in [1.29, 1.82) is 0 Å². The summed E-state index contributed by atoms with van der Waals surface area (Å²) >= 11 is 2.77. The number of hydrogen-bond acceptors (Lipinski definition) is 5. The Morgan fingerprint density at radius 2 is 1.88 bits per heavy atom. The van der Waals surface area contributed by atoms with Gasteiger partial charge in [0.2, 0.25) is 0 Å². The zero-order chi connectivity index (χ0) is 18.5. The van der Waals surface area contributed by atoms with E-state index in [2.05, 4.69) is 20.7 Å². The molecule has 1 aromatic carbocycles. The molecule has 2 amide bonds. The summed E-state index contributed by atoms with van der Waals surface area (Å²) in [6, 6.07) is 2.70. The molecular formula is C14H7BrF3N3O4. The Labute approximate surface area is 145 Å². The number of pyridine rings is 1. The van der Waals surface area contributed by atoms with Gasteiger partial charge in [0.15, 0.2) is 5.75 Å². The van der Waals surface area contributed by atoms with Crippen LogP contribution in [0.5, 0.6) is 5.75 Å². The number of fused-ring (bicyclic) bond motifs is 1. The Morgan fingerprint density at radius 1 is 1.20 bits per heavy atom. The normalized spacial score (nSPS) is 13.2. The Morgan fingerprint density at radius 3 is 2.52 bits per heavy atom. The summed E-state index contributed by atoms with van der Waals surface area (Å²) in [5.74, 6) is -3.72. The number of ether oxygens (including phenoxy) is 1. The maximum absolute atomic E-state index is 13.7. The van der Waals surface area contributed by atoms with Gasteiger partial charge >= 0.3 is 6.61 Å². The molecule has 1 aliphatic rings. The second kappa shape index (κ2) is 5.92. The summed E-state index contributed by atoms with van der Waals surface area (Å²) in [4.78, 5) is 35.8. The molecule has 0 atom stereocenters. The second-order valence-electron chi connectivity index (χ2n) is 4.86. The molecule has 130 valence electrons. The molecule has 0 bridgehead atoms. The first-order valence-corrected chi connectivity index (χ1v) is 7.36. The number of carbonyl (C=O) groups excluding carboxylic acids is 2. The number of aromatic nitrogens is 1. The monoisotopic (exact) mass is 417 g/mol. The molecule has 0 unspecified atom stereocenters. The van der Waals surface area contributed by atoms with Crippen molar-refractivity contribution in [1.82, 2.24) is 9.88 Å². The van der Waals surface area contributed by atoms with E-state index in [1.165, 1.54) is 0 Å². The first-order valence-electron chi connectivity index (χ1n) is 6.56. The average molecular weight is 418 g/mol. The standard InChI is InChI=1S/C14H7BrF3N3O4/c15-9-5(16)1-2-6(10(9)25-14(17)18)21-7(22)3-4-8(11(21)19)13(24)20-12(4)23/h1-3,14H,19H2,(H,20,23,24). The lowest BCUT2D eigenvalue weighted by molar-refractivity contribution is -0.0505. The molecule has 25 heavy (non-hydrogen) atoms. The number of nitrogen functional groups attached to an aromatic ring is 1. The first kappa shape index (κ1) is 17.0. The van der Waals surface area contributed by atoms with Gasteiger partial charge in [-0.05, 0) is 28.1 Å². The highest BCUT2D eigenvalue weighted by Crippen LogP contribution is 2.36. The number of nitrogens with one attached hydrogen (secondary N) is 1. The number of nitrogens with zero attached hydrogens (tertiary/aromatic N) is 1. The molecule has 1 aromatic heterocycles. The van der Waals surface area contributed by atoms with E-state index in [4.69, 9.17) is 5.73 Å². The predicted molar refractivity (Wildman–Crippen MR) is 82.5 cm³/mol. The average Bonchev–Trinajstić information content (AvgIpc) is 2.80. The van der Waals surface area contributed by atoms with Gasteiger partial charge < -0.3 is 10.5 Å². The van der Waals surface area contributed by atoms with Gasteiger partial charge in [0.1, 0.15) is 11.6 Å². The topological polar surface area (TPSA) is 103 Å². The van der Waals surface area contributed by atoms with Crippen LogP contribution in [0.4, 0.5) is 19.0 Å². The molecule has 7 nitrogen and oxygen atoms in total. The van der Waals surface area contributed by atoms with E-state index < -0.39 is 45.8 Å². The SMILES string of the molecule is Nc1c2c(cc(=O)n1-c1ccc(F)c(Br)c1OC(F)F)C(=O)NC2=O. The van der Waals surface area contributed by atoms with Gasteiger partial charge in [-0.2, -0.15) is 8.78 Å². The van der Waals surface area contributed by atoms with Gasteiger partial charge in [-0.25, -0.2) is 4.39 Å². The third-order valence-electron chi connectivity index (χ3n) is 3.43. The molecule has 3 N–H and O–H groups in total. The van der Waals surface area contributed by atoms with Crippen molar-refractivity contribution in [2.45, 2.75) is 6.61 Å². The fourth-order valence-electron chi connectivity index (χ4n) is 2.43. The van der Waals surface area contributed by atoms with Crippen LogP contribution in [-0.4, -0.2) is 23.0 Å². The molecule has 0 saturated heterocycles. The largest absolute Gasteiger partial charge is 0.431 e. The number of hydrogen-bond donors (Lipinski definition) is 2. The maximum Gasteiger partial charge on any atom is 0.387 e. The highest BCUT2D eigenvalue weighted by molar-refractivity contribution is 9.10. The fraction of sp³-hybridized carbons (Fsp3) is 0.0714. The quantitative estimate of drug-likeness (QED) is 0.741. The number of halogens is 4. The number of anilines is 1. The third kappa shape index (κ3) is 2.65. The van der Waals surface area contributed by atoms with Crippen molar-refractivity contribution in [3.63, 3.8) is 0 Å². The Balaban J connectivity index is 2.34. The number of imide groups is 1. The first-order chi connectivity index (χ1) is 11.7. The number of amides is 2. The number of carbonyl (C=O) groups is 2. The minimum Gasteiger partial charge on any atom is -0.431 e. The summed E-state index contributed by atoms with van der Waals surface area (Å²) in [5.41, 5.74) is 4.07. The third-order valence-corrected chi connectivity index (χ3v) is 4.17. The van der Waals surface area contributed by atoms with Gasteiger partial charge in [0.05, 0.1) is 21.3 Å². The van der Waals surface area contributed by atoms with E-state index in [1.807, 2.05) is 5.32 Å². The van der Waals surface area contributed by atoms with Crippen LogP contribution in [0.25, 0.3) is 5.69 Å². The van der Waals surface area contributed by atoms with Crippen LogP contribution in [-0.2, 0) is 0 Å². The zero-order valence-corrected chi connectivity index (χ0v) is 13.6. The lowest BCUT2D eigenvalue weighted by Gasteiger charge is -2.17. The second-order valence-corrected chi connectivity index (χ2v) is 5.66. The Hall–Kier alpha value is -2.82. The maximum atomic E-state index is 13.7. The summed E-state index contributed by atoms with van der Waals surface area (Å²) in [5, 5.41) is 1.97. The molecule has 3 rings (SSSR count). The molecule has 0 spiro atoms. The highest BCUT2D eigenvalue weighted by atomic mass is 79.9. The summed E-state index contributed by atoms with van der Waals surface area (Å²) in [6.07, 6.45) is 0. The number of alkyl halides is 2. The van der Waals surface area contributed by atoms with Gasteiger partial charge in [-0.15, -0.1) is 0 Å². The summed E-state index contributed by atoms with van der Waals surface area (Å²) in [6.45, 7) is -3.31. The van der Waals surface area contributed by atoms with Crippen molar-refractivity contribution < 1.29 is 27.5 Å². The van der Waals surface area contributed by atoms with Crippen LogP contribution in [0.15, 0.2) is 27.5 Å². The Bertz CT molecular complexity index is 990. The fourth-order valence-corrected chi connectivity index (χ4v) is 2.86. The minimum absolute atomic E-state index is 0.235. The number of benzene rings is 1. The van der Waals surface area contributed by atoms with Crippen molar-refractivity contribution in [3.05, 3.63) is 50.0 Å². The predicted octanol–water partition coefficient (Wildman–Crippen LogP) is 1.81. The molecule has 0 aliphatic carbocycles. The smallest absolute Gasteiger partial charge is 0.387 e. The highest BCUT2D eigenvalue weighted by Gasteiger charge is 2.32. The van der Waals surface area contributed by atoms with E-state index in [0.29, 0.717) is 4.57 Å². The molecule has 0 saturated carbocycles. The van der Waals surface area contributed by atoms with E-state index in [1.54, 1.807) is 0 Å². The molecule has 1 aliphatic heterocycles. The van der Waals surface area contributed by atoms with Gasteiger partial charge in [0.25, 0.3) is 17.4 Å². The minimum atomic E-state index is -3.31. The van der Waals surface area contributed by atoms with Crippen molar-refractivity contribution in [2.75, 3.05) is 5.73 Å². The van der Waals surface area contributed by atoms with Crippen LogP contribution in [0.1, 0.15) is 20.7 Å². The molecular weight excluding hydrogens is 411 g/mol. The molecule has 2 aromatic rings. The van der Waals surface area contributed by atoms with Crippen LogP contribution in [0.3, 0.4) is 0 Å². The van der Waals surface area contributed by atoms with Crippen LogP contribution in [0, 0.1) is 5.82 Å². The van der Waals surface area contributed by atoms with Gasteiger partial charge in [-0.1, -0.05) is 0 Å². The van der Waals surface area contributed by atoms with Crippen molar-refractivity contribution in [2.24, 2.45) is 0 Å². The molecule has 0 fully saturated rings.